The highest BCUT2D eigenvalue weighted by atomic mass is 16.2. The zero-order valence-electron chi connectivity index (χ0n) is 13.4. The first-order valence-corrected chi connectivity index (χ1v) is 7.66. The summed E-state index contributed by atoms with van der Waals surface area (Å²) in [6.07, 6.45) is 1.96. The number of piperidine rings is 1. The summed E-state index contributed by atoms with van der Waals surface area (Å²) in [6.45, 7) is 4.49. The van der Waals surface area contributed by atoms with Crippen LogP contribution in [0.2, 0.25) is 0 Å². The highest BCUT2D eigenvalue weighted by molar-refractivity contribution is 6.00. The number of rotatable bonds is 4. The second-order valence-corrected chi connectivity index (χ2v) is 5.68. The highest BCUT2D eigenvalue weighted by Gasteiger charge is 2.17. The van der Waals surface area contributed by atoms with E-state index >= 15 is 0 Å². The average Bonchev–Trinajstić information content (AvgIpc) is 2.46. The van der Waals surface area contributed by atoms with Gasteiger partial charge in [-0.2, -0.15) is 0 Å². The Balaban J connectivity index is 2.18. The molecule has 0 aromatic heterocycles. The molecule has 3 amide bonds. The number of hydrogen-bond donors (Lipinski definition) is 4. The molecular formula is C16H22N4O3. The molecule has 0 aliphatic carbocycles. The fraction of sp³-hybridized carbons (Fsp3) is 0.438. The Morgan fingerprint density at radius 2 is 1.65 bits per heavy atom. The van der Waals surface area contributed by atoms with Gasteiger partial charge in [-0.05, 0) is 37.6 Å². The van der Waals surface area contributed by atoms with Gasteiger partial charge in [-0.25, -0.2) is 0 Å². The molecule has 124 valence electrons. The van der Waals surface area contributed by atoms with Crippen molar-refractivity contribution in [3.63, 3.8) is 0 Å². The van der Waals surface area contributed by atoms with Crippen LogP contribution >= 0.6 is 0 Å². The van der Waals surface area contributed by atoms with E-state index in [-0.39, 0.29) is 23.8 Å². The second-order valence-electron chi connectivity index (χ2n) is 5.68. The van der Waals surface area contributed by atoms with Gasteiger partial charge in [0.25, 0.3) is 5.91 Å². The number of benzene rings is 1. The molecule has 1 saturated heterocycles. The molecule has 1 aliphatic heterocycles. The van der Waals surface area contributed by atoms with E-state index in [1.165, 1.54) is 13.8 Å². The number of nitrogens with one attached hydrogen (secondary N) is 4. The molecule has 0 bridgehead atoms. The van der Waals surface area contributed by atoms with Gasteiger partial charge in [0.05, 0.1) is 0 Å². The zero-order valence-corrected chi connectivity index (χ0v) is 13.4. The number of hydrogen-bond acceptors (Lipinski definition) is 4. The lowest BCUT2D eigenvalue weighted by atomic mass is 10.1. The smallest absolute Gasteiger partial charge is 0.251 e. The minimum atomic E-state index is -0.243. The van der Waals surface area contributed by atoms with Crippen LogP contribution in [0.4, 0.5) is 11.4 Å². The Morgan fingerprint density at radius 3 is 2.13 bits per heavy atom. The first-order chi connectivity index (χ1) is 10.9. The van der Waals surface area contributed by atoms with E-state index < -0.39 is 0 Å². The van der Waals surface area contributed by atoms with Crippen molar-refractivity contribution in [1.29, 1.82) is 0 Å². The van der Waals surface area contributed by atoms with Gasteiger partial charge in [0.1, 0.15) is 0 Å². The molecule has 0 spiro atoms. The molecule has 0 radical (unpaired) electrons. The minimum absolute atomic E-state index is 0.0879. The summed E-state index contributed by atoms with van der Waals surface area (Å²) in [5.74, 6) is -0.710. The van der Waals surface area contributed by atoms with Crippen molar-refractivity contribution >= 4 is 29.1 Å². The van der Waals surface area contributed by atoms with E-state index in [4.69, 9.17) is 0 Å². The van der Waals surface area contributed by atoms with Crippen LogP contribution in [0.25, 0.3) is 0 Å². The summed E-state index contributed by atoms with van der Waals surface area (Å²) in [4.78, 5) is 34.9. The monoisotopic (exact) mass is 318 g/mol. The zero-order chi connectivity index (χ0) is 16.8. The minimum Gasteiger partial charge on any atom is -0.348 e. The molecule has 7 nitrogen and oxygen atoms in total. The maximum Gasteiger partial charge on any atom is 0.251 e. The summed E-state index contributed by atoms with van der Waals surface area (Å²) in [6, 6.07) is 4.89. The number of amides is 3. The summed E-state index contributed by atoms with van der Waals surface area (Å²) >= 11 is 0. The maximum atomic E-state index is 12.4. The van der Waals surface area contributed by atoms with Crippen LogP contribution in [-0.4, -0.2) is 36.9 Å². The van der Waals surface area contributed by atoms with E-state index in [0.29, 0.717) is 16.9 Å². The van der Waals surface area contributed by atoms with E-state index in [2.05, 4.69) is 21.3 Å². The lowest BCUT2D eigenvalue weighted by Gasteiger charge is -2.24. The first-order valence-electron chi connectivity index (χ1n) is 7.66. The quantitative estimate of drug-likeness (QED) is 0.667. The summed E-state index contributed by atoms with van der Waals surface area (Å²) in [7, 11) is 0. The van der Waals surface area contributed by atoms with Crippen molar-refractivity contribution in [2.45, 2.75) is 32.7 Å². The van der Waals surface area contributed by atoms with Gasteiger partial charge in [0.2, 0.25) is 11.8 Å². The Bertz CT molecular complexity index is 575. The third-order valence-corrected chi connectivity index (χ3v) is 3.47. The van der Waals surface area contributed by atoms with Crippen molar-refractivity contribution in [3.05, 3.63) is 23.8 Å². The van der Waals surface area contributed by atoms with E-state index in [1.54, 1.807) is 18.2 Å². The topological polar surface area (TPSA) is 99.3 Å². The van der Waals surface area contributed by atoms with E-state index in [0.717, 1.165) is 25.9 Å². The standard InChI is InChI=1S/C16H22N4O3/c1-10(21)18-14-6-12(7-15(8-14)19-11(2)22)16(23)20-13-4-3-5-17-9-13/h6-8,13,17H,3-5,9H2,1-2H3,(H,18,21)(H,19,22)(H,20,23)/t13-/m0/s1. The molecule has 1 heterocycles. The summed E-state index contributed by atoms with van der Waals surface area (Å²) in [5.41, 5.74) is 1.33. The van der Waals surface area contributed by atoms with Gasteiger partial charge in [-0.3, -0.25) is 14.4 Å². The molecule has 1 aromatic carbocycles. The van der Waals surface area contributed by atoms with Crippen molar-refractivity contribution in [1.82, 2.24) is 10.6 Å². The molecular weight excluding hydrogens is 296 g/mol. The fourth-order valence-corrected chi connectivity index (χ4v) is 2.55. The lowest BCUT2D eigenvalue weighted by molar-refractivity contribution is -0.115. The van der Waals surface area contributed by atoms with Crippen LogP contribution in [0.15, 0.2) is 18.2 Å². The van der Waals surface area contributed by atoms with Gasteiger partial charge in [-0.15, -0.1) is 0 Å². The molecule has 0 unspecified atom stereocenters. The van der Waals surface area contributed by atoms with Crippen LogP contribution < -0.4 is 21.3 Å². The van der Waals surface area contributed by atoms with Gasteiger partial charge >= 0.3 is 0 Å². The normalized spacial score (nSPS) is 17.2. The van der Waals surface area contributed by atoms with Crippen LogP contribution in [0.1, 0.15) is 37.0 Å². The predicted molar refractivity (Wildman–Crippen MR) is 88.4 cm³/mol. The molecule has 23 heavy (non-hydrogen) atoms. The molecule has 1 atom stereocenters. The van der Waals surface area contributed by atoms with E-state index in [1.807, 2.05) is 0 Å². The fourth-order valence-electron chi connectivity index (χ4n) is 2.55. The van der Waals surface area contributed by atoms with Crippen molar-refractivity contribution < 1.29 is 14.4 Å². The number of anilines is 2. The molecule has 1 fully saturated rings. The largest absolute Gasteiger partial charge is 0.348 e. The Kier molecular flexibility index (Phi) is 5.70. The molecule has 7 heteroatoms. The van der Waals surface area contributed by atoms with Crippen LogP contribution in [0.3, 0.4) is 0 Å². The van der Waals surface area contributed by atoms with Crippen LogP contribution in [0.5, 0.6) is 0 Å². The molecule has 0 saturated carbocycles. The van der Waals surface area contributed by atoms with E-state index in [9.17, 15) is 14.4 Å². The summed E-state index contributed by atoms with van der Waals surface area (Å²) in [5, 5.41) is 11.5. The average molecular weight is 318 g/mol. The molecule has 2 rings (SSSR count). The second kappa shape index (κ2) is 7.73. The van der Waals surface area contributed by atoms with Gasteiger partial charge in [-0.1, -0.05) is 0 Å². The number of carbonyl (C=O) groups is 3. The Morgan fingerprint density at radius 1 is 1.04 bits per heavy atom. The van der Waals surface area contributed by atoms with Crippen LogP contribution in [0, 0.1) is 0 Å². The predicted octanol–water partition coefficient (Wildman–Crippen LogP) is 1.09. The molecule has 4 N–H and O–H groups in total. The van der Waals surface area contributed by atoms with Crippen molar-refractivity contribution in [2.75, 3.05) is 23.7 Å². The molecule has 1 aromatic rings. The third-order valence-electron chi connectivity index (χ3n) is 3.47. The van der Waals surface area contributed by atoms with Crippen molar-refractivity contribution in [3.8, 4) is 0 Å². The van der Waals surface area contributed by atoms with Gasteiger partial charge in [0, 0.05) is 43.4 Å². The maximum absolute atomic E-state index is 12.4. The lowest BCUT2D eigenvalue weighted by Crippen LogP contribution is -2.45. The van der Waals surface area contributed by atoms with Crippen molar-refractivity contribution in [2.24, 2.45) is 0 Å². The van der Waals surface area contributed by atoms with Gasteiger partial charge in [0.15, 0.2) is 0 Å². The number of carbonyl (C=O) groups excluding carboxylic acids is 3. The Labute approximate surface area is 135 Å². The van der Waals surface area contributed by atoms with Crippen LogP contribution in [-0.2, 0) is 9.59 Å². The first kappa shape index (κ1) is 17.0. The molecule has 1 aliphatic rings. The summed E-state index contributed by atoms with van der Waals surface area (Å²) < 4.78 is 0. The highest BCUT2D eigenvalue weighted by Crippen LogP contribution is 2.20. The third kappa shape index (κ3) is 5.37. The Hall–Kier alpha value is -2.41. The van der Waals surface area contributed by atoms with Gasteiger partial charge < -0.3 is 21.3 Å². The SMILES string of the molecule is CC(=O)Nc1cc(NC(C)=O)cc(C(=O)N[C@H]2CCCNC2)c1.